The first-order chi connectivity index (χ1) is 13.5. The molecule has 3 N–H and O–H groups in total. The molecule has 2 aromatic carbocycles. The van der Waals surface area contributed by atoms with Gasteiger partial charge in [0, 0.05) is 17.0 Å². The maximum absolute atomic E-state index is 12.4. The van der Waals surface area contributed by atoms with Crippen molar-refractivity contribution in [2.75, 3.05) is 33.2 Å². The molecule has 0 unspecified atom stereocenters. The molecule has 0 fully saturated rings. The summed E-state index contributed by atoms with van der Waals surface area (Å²) in [4.78, 5) is 27.6. The van der Waals surface area contributed by atoms with Crippen molar-refractivity contribution in [1.29, 1.82) is 0 Å². The molecular formula is C20H21N3O5. The summed E-state index contributed by atoms with van der Waals surface area (Å²) in [7, 11) is 4.60. The lowest BCUT2D eigenvalue weighted by Crippen LogP contribution is -2.33. The third-order valence-electron chi connectivity index (χ3n) is 4.18. The van der Waals surface area contributed by atoms with Crippen LogP contribution >= 0.6 is 0 Å². The van der Waals surface area contributed by atoms with E-state index >= 15 is 0 Å². The van der Waals surface area contributed by atoms with E-state index in [0.717, 1.165) is 10.9 Å². The topological polar surface area (TPSA) is 102 Å². The highest BCUT2D eigenvalue weighted by Gasteiger charge is 2.14. The van der Waals surface area contributed by atoms with Gasteiger partial charge in [0.05, 0.1) is 33.6 Å². The number of carbonyl (C=O) groups is 2. The zero-order chi connectivity index (χ0) is 20.1. The average Bonchev–Trinajstić information content (AvgIpc) is 3.16. The van der Waals surface area contributed by atoms with E-state index in [1.807, 2.05) is 18.2 Å². The molecule has 28 heavy (non-hydrogen) atoms. The number of nitrogens with one attached hydrogen (secondary N) is 3. The number of aromatic amines is 1. The number of rotatable bonds is 7. The number of ether oxygens (including phenoxy) is 3. The summed E-state index contributed by atoms with van der Waals surface area (Å²) >= 11 is 0. The number of hydrogen-bond donors (Lipinski definition) is 3. The third-order valence-corrected chi connectivity index (χ3v) is 4.18. The average molecular weight is 383 g/mol. The van der Waals surface area contributed by atoms with Crippen LogP contribution in [0.25, 0.3) is 10.9 Å². The van der Waals surface area contributed by atoms with Crippen molar-refractivity contribution in [3.63, 3.8) is 0 Å². The molecule has 0 spiro atoms. The molecule has 0 saturated carbocycles. The minimum atomic E-state index is -0.397. The van der Waals surface area contributed by atoms with E-state index in [9.17, 15) is 9.59 Å². The molecule has 8 nitrogen and oxygen atoms in total. The van der Waals surface area contributed by atoms with E-state index in [2.05, 4.69) is 15.6 Å². The Morgan fingerprint density at radius 3 is 2.46 bits per heavy atom. The predicted molar refractivity (Wildman–Crippen MR) is 105 cm³/mol. The monoisotopic (exact) mass is 383 g/mol. The fourth-order valence-electron chi connectivity index (χ4n) is 2.79. The van der Waals surface area contributed by atoms with Crippen molar-refractivity contribution < 1.29 is 23.8 Å². The maximum atomic E-state index is 12.4. The lowest BCUT2D eigenvalue weighted by molar-refractivity contribution is -0.115. The largest absolute Gasteiger partial charge is 0.497 e. The van der Waals surface area contributed by atoms with E-state index in [1.165, 1.54) is 14.2 Å². The van der Waals surface area contributed by atoms with Crippen LogP contribution in [0.2, 0.25) is 0 Å². The highest BCUT2D eigenvalue weighted by atomic mass is 16.5. The molecule has 3 aromatic rings. The molecule has 0 aliphatic carbocycles. The van der Waals surface area contributed by atoms with Gasteiger partial charge in [0.15, 0.2) is 0 Å². The number of hydrogen-bond acceptors (Lipinski definition) is 5. The first-order valence-electron chi connectivity index (χ1n) is 8.51. The summed E-state index contributed by atoms with van der Waals surface area (Å²) in [5.41, 5.74) is 1.57. The van der Waals surface area contributed by atoms with Gasteiger partial charge in [-0.25, -0.2) is 0 Å². The summed E-state index contributed by atoms with van der Waals surface area (Å²) in [5, 5.41) is 6.08. The Bertz CT molecular complexity index is 1010. The first kappa shape index (κ1) is 19.1. The van der Waals surface area contributed by atoms with Gasteiger partial charge in [0.25, 0.3) is 5.91 Å². The zero-order valence-electron chi connectivity index (χ0n) is 15.8. The Balaban J connectivity index is 1.66. The fraction of sp³-hybridized carbons (Fsp3) is 0.200. The van der Waals surface area contributed by atoms with Crippen molar-refractivity contribution in [1.82, 2.24) is 10.3 Å². The highest BCUT2D eigenvalue weighted by Crippen LogP contribution is 2.29. The van der Waals surface area contributed by atoms with Crippen LogP contribution in [0.4, 0.5) is 5.69 Å². The number of amides is 2. The fourth-order valence-corrected chi connectivity index (χ4v) is 2.79. The second-order valence-electron chi connectivity index (χ2n) is 5.90. The standard InChI is InChI=1S/C20H21N3O5/c1-26-12-7-8-18(28-3)15(9-12)23-19(24)11-21-20(25)16-10-13-14(22-16)5-4-6-17(13)27-2/h4-10,22H,11H2,1-3H3,(H,21,25)(H,23,24). The normalized spacial score (nSPS) is 10.4. The van der Waals surface area contributed by atoms with Gasteiger partial charge in [-0.2, -0.15) is 0 Å². The number of methoxy groups -OCH3 is 3. The molecule has 1 heterocycles. The molecule has 0 radical (unpaired) electrons. The molecule has 3 rings (SSSR count). The number of fused-ring (bicyclic) bond motifs is 1. The van der Waals surface area contributed by atoms with Gasteiger partial charge in [0.1, 0.15) is 22.9 Å². The number of H-pyrrole nitrogens is 1. The molecular weight excluding hydrogens is 362 g/mol. The maximum Gasteiger partial charge on any atom is 0.268 e. The number of benzene rings is 2. The molecule has 8 heteroatoms. The molecule has 2 amide bonds. The van der Waals surface area contributed by atoms with E-state index in [4.69, 9.17) is 14.2 Å². The summed E-state index contributed by atoms with van der Waals surface area (Å²) < 4.78 is 15.7. The van der Waals surface area contributed by atoms with Crippen molar-refractivity contribution in [3.05, 3.63) is 48.2 Å². The van der Waals surface area contributed by atoms with Crippen LogP contribution in [0.3, 0.4) is 0 Å². The highest BCUT2D eigenvalue weighted by molar-refractivity contribution is 6.02. The number of aromatic nitrogens is 1. The Morgan fingerprint density at radius 2 is 1.75 bits per heavy atom. The minimum Gasteiger partial charge on any atom is -0.497 e. The van der Waals surface area contributed by atoms with Gasteiger partial charge in [-0.1, -0.05) is 6.07 Å². The quantitative estimate of drug-likeness (QED) is 0.582. The van der Waals surface area contributed by atoms with E-state index in [-0.39, 0.29) is 6.54 Å². The van der Waals surface area contributed by atoms with Crippen LogP contribution in [0.15, 0.2) is 42.5 Å². The van der Waals surface area contributed by atoms with Crippen molar-refractivity contribution in [2.24, 2.45) is 0 Å². The van der Waals surface area contributed by atoms with Crippen LogP contribution in [0, 0.1) is 0 Å². The van der Waals surface area contributed by atoms with Crippen LogP contribution in [-0.2, 0) is 4.79 Å². The summed E-state index contributed by atoms with van der Waals surface area (Å²) in [6.07, 6.45) is 0. The molecule has 0 saturated heterocycles. The summed E-state index contributed by atoms with van der Waals surface area (Å²) in [6, 6.07) is 12.2. The Kier molecular flexibility index (Phi) is 5.69. The second-order valence-corrected chi connectivity index (χ2v) is 5.90. The van der Waals surface area contributed by atoms with Crippen molar-refractivity contribution in [2.45, 2.75) is 0 Å². The first-order valence-corrected chi connectivity index (χ1v) is 8.51. The lowest BCUT2D eigenvalue weighted by atomic mass is 10.2. The van der Waals surface area contributed by atoms with E-state index < -0.39 is 11.8 Å². The predicted octanol–water partition coefficient (Wildman–Crippen LogP) is 2.56. The number of anilines is 1. The molecule has 0 aliphatic rings. The second kappa shape index (κ2) is 8.34. The van der Waals surface area contributed by atoms with Crippen LogP contribution in [-0.4, -0.2) is 44.7 Å². The smallest absolute Gasteiger partial charge is 0.268 e. The Morgan fingerprint density at radius 1 is 0.964 bits per heavy atom. The van der Waals surface area contributed by atoms with E-state index in [1.54, 1.807) is 31.4 Å². The third kappa shape index (κ3) is 4.01. The van der Waals surface area contributed by atoms with Gasteiger partial charge >= 0.3 is 0 Å². The SMILES string of the molecule is COc1ccc(OC)c(NC(=O)CNC(=O)c2cc3c(OC)cccc3[nH]2)c1. The molecule has 0 bridgehead atoms. The van der Waals surface area contributed by atoms with Crippen LogP contribution < -0.4 is 24.8 Å². The van der Waals surface area contributed by atoms with Crippen LogP contribution in [0.5, 0.6) is 17.2 Å². The molecule has 0 atom stereocenters. The van der Waals surface area contributed by atoms with Gasteiger partial charge in [0.2, 0.25) is 5.91 Å². The molecule has 146 valence electrons. The zero-order valence-corrected chi connectivity index (χ0v) is 15.8. The Labute approximate surface area is 161 Å². The summed E-state index contributed by atoms with van der Waals surface area (Å²) in [6.45, 7) is -0.203. The van der Waals surface area contributed by atoms with Crippen LogP contribution in [0.1, 0.15) is 10.5 Å². The van der Waals surface area contributed by atoms with Gasteiger partial charge in [-0.3, -0.25) is 9.59 Å². The summed E-state index contributed by atoms with van der Waals surface area (Å²) in [5.74, 6) is 0.936. The number of carbonyl (C=O) groups excluding carboxylic acids is 2. The molecule has 0 aliphatic heterocycles. The van der Waals surface area contributed by atoms with Gasteiger partial charge in [-0.15, -0.1) is 0 Å². The molecule has 1 aromatic heterocycles. The minimum absolute atomic E-state index is 0.203. The lowest BCUT2D eigenvalue weighted by Gasteiger charge is -2.12. The Hall–Kier alpha value is -3.68. The van der Waals surface area contributed by atoms with Crippen molar-refractivity contribution >= 4 is 28.4 Å². The van der Waals surface area contributed by atoms with Gasteiger partial charge < -0.3 is 29.8 Å². The van der Waals surface area contributed by atoms with Crippen molar-refractivity contribution in [3.8, 4) is 17.2 Å². The van der Waals surface area contributed by atoms with Gasteiger partial charge in [-0.05, 0) is 30.3 Å². The van der Waals surface area contributed by atoms with E-state index in [0.29, 0.717) is 28.6 Å².